The smallest absolute Gasteiger partial charge is 0.344 e. The lowest BCUT2D eigenvalue weighted by atomic mass is 10.1. The number of hydrogen-bond donors (Lipinski definition) is 1. The van der Waals surface area contributed by atoms with E-state index in [-0.39, 0.29) is 18.8 Å². The first-order chi connectivity index (χ1) is 15.3. The molecular weight excluding hydrogens is 547 g/mol. The summed E-state index contributed by atoms with van der Waals surface area (Å²) in [5, 5.41) is 12.8. The topological polar surface area (TPSA) is 97.7 Å². The number of aryl methyl sites for hydroxylation is 1. The van der Waals surface area contributed by atoms with E-state index in [1.807, 2.05) is 42.5 Å². The zero-order valence-electron chi connectivity index (χ0n) is 17.8. The van der Waals surface area contributed by atoms with Crippen LogP contribution in [0.25, 0.3) is 6.08 Å². The average Bonchev–Trinajstić information content (AvgIpc) is 2.73. The van der Waals surface area contributed by atoms with Crippen molar-refractivity contribution in [3.05, 3.63) is 55.6 Å². The first-order valence-corrected chi connectivity index (χ1v) is 11.2. The normalized spacial score (nSPS) is 10.8. The maximum absolute atomic E-state index is 12.6. The number of nitrogens with one attached hydrogen (secondary N) is 1. The van der Waals surface area contributed by atoms with E-state index in [1.165, 1.54) is 6.08 Å². The van der Waals surface area contributed by atoms with Gasteiger partial charge in [0.25, 0.3) is 5.91 Å². The monoisotopic (exact) mass is 568 g/mol. The van der Waals surface area contributed by atoms with Crippen LogP contribution < -0.4 is 14.8 Å². The first kappa shape index (κ1) is 25.5. The van der Waals surface area contributed by atoms with Gasteiger partial charge in [-0.15, -0.1) is 0 Å². The molecule has 0 fully saturated rings. The molecule has 168 valence electrons. The number of halogens is 2. The standard InChI is InChI=1S/C23H22ClIN2O5/c1-4-30-20-11-15(10-18(25)22(20)32-13-21(28)31-5-2)9-16(12-26)23(29)27-19-7-6-17(24)8-14(19)3/h6-11H,4-5,13H2,1-3H3,(H,27,29)/b16-9+. The summed E-state index contributed by atoms with van der Waals surface area (Å²) in [7, 11) is 0. The van der Waals surface area contributed by atoms with Crippen molar-refractivity contribution in [1.29, 1.82) is 5.26 Å². The van der Waals surface area contributed by atoms with Gasteiger partial charge in [0.05, 0.1) is 16.8 Å². The summed E-state index contributed by atoms with van der Waals surface area (Å²) in [5.74, 6) is -0.261. The molecule has 0 aliphatic carbocycles. The number of anilines is 1. The molecule has 0 bridgehead atoms. The van der Waals surface area contributed by atoms with Gasteiger partial charge in [0.1, 0.15) is 11.6 Å². The first-order valence-electron chi connectivity index (χ1n) is 9.73. The molecule has 0 heterocycles. The van der Waals surface area contributed by atoms with Gasteiger partial charge < -0.3 is 19.5 Å². The van der Waals surface area contributed by atoms with Crippen molar-refractivity contribution < 1.29 is 23.8 Å². The van der Waals surface area contributed by atoms with Crippen molar-refractivity contribution in [3.63, 3.8) is 0 Å². The number of benzene rings is 2. The summed E-state index contributed by atoms with van der Waals surface area (Å²) in [5.41, 5.74) is 1.82. The van der Waals surface area contributed by atoms with Gasteiger partial charge in [-0.25, -0.2) is 4.79 Å². The Morgan fingerprint density at radius 2 is 1.94 bits per heavy atom. The highest BCUT2D eigenvalue weighted by Gasteiger charge is 2.16. The fraction of sp³-hybridized carbons (Fsp3) is 0.261. The fourth-order valence-electron chi connectivity index (χ4n) is 2.68. The summed E-state index contributed by atoms with van der Waals surface area (Å²) in [6.45, 7) is 5.70. The highest BCUT2D eigenvalue weighted by molar-refractivity contribution is 14.1. The molecule has 0 saturated carbocycles. The second-order valence-corrected chi connectivity index (χ2v) is 8.04. The van der Waals surface area contributed by atoms with E-state index < -0.39 is 11.9 Å². The number of rotatable bonds is 9. The van der Waals surface area contributed by atoms with Crippen LogP contribution in [0, 0.1) is 21.8 Å². The molecule has 1 amide bonds. The highest BCUT2D eigenvalue weighted by Crippen LogP contribution is 2.35. The number of carbonyl (C=O) groups excluding carboxylic acids is 2. The van der Waals surface area contributed by atoms with Gasteiger partial charge in [0, 0.05) is 10.7 Å². The van der Waals surface area contributed by atoms with Crippen LogP contribution in [0.2, 0.25) is 5.02 Å². The van der Waals surface area contributed by atoms with Crippen LogP contribution in [0.3, 0.4) is 0 Å². The number of esters is 1. The molecule has 2 aromatic carbocycles. The lowest BCUT2D eigenvalue weighted by molar-refractivity contribution is -0.145. The number of nitriles is 1. The molecule has 9 heteroatoms. The van der Waals surface area contributed by atoms with E-state index in [2.05, 4.69) is 5.32 Å². The van der Waals surface area contributed by atoms with Crippen molar-refractivity contribution in [3.8, 4) is 17.6 Å². The van der Waals surface area contributed by atoms with E-state index in [0.717, 1.165) is 5.56 Å². The van der Waals surface area contributed by atoms with Gasteiger partial charge in [-0.05, 0) is 90.9 Å². The van der Waals surface area contributed by atoms with Gasteiger partial charge in [-0.3, -0.25) is 4.79 Å². The predicted octanol–water partition coefficient (Wildman–Crippen LogP) is 5.14. The molecule has 0 saturated heterocycles. The van der Waals surface area contributed by atoms with Crippen molar-refractivity contribution in [1.82, 2.24) is 0 Å². The van der Waals surface area contributed by atoms with Crippen LogP contribution in [-0.4, -0.2) is 31.7 Å². The second-order valence-electron chi connectivity index (χ2n) is 6.44. The predicted molar refractivity (Wildman–Crippen MR) is 131 cm³/mol. The van der Waals surface area contributed by atoms with Crippen LogP contribution in [0.15, 0.2) is 35.9 Å². The van der Waals surface area contributed by atoms with Crippen LogP contribution in [0.4, 0.5) is 5.69 Å². The van der Waals surface area contributed by atoms with E-state index in [4.69, 9.17) is 25.8 Å². The van der Waals surface area contributed by atoms with Crippen LogP contribution in [-0.2, 0) is 14.3 Å². The molecule has 0 atom stereocenters. The molecule has 0 spiro atoms. The maximum Gasteiger partial charge on any atom is 0.344 e. The summed E-state index contributed by atoms with van der Waals surface area (Å²) in [6.07, 6.45) is 1.46. The van der Waals surface area contributed by atoms with E-state index >= 15 is 0 Å². The molecule has 0 aliphatic rings. The Hall–Kier alpha value is -2.77. The van der Waals surface area contributed by atoms with E-state index in [9.17, 15) is 14.9 Å². The quantitative estimate of drug-likeness (QED) is 0.195. The number of amides is 1. The van der Waals surface area contributed by atoms with Gasteiger partial charge in [0.15, 0.2) is 18.1 Å². The summed E-state index contributed by atoms with van der Waals surface area (Å²) >= 11 is 7.99. The number of nitrogens with zero attached hydrogens (tertiary/aromatic N) is 1. The Kier molecular flexibility index (Phi) is 9.81. The zero-order chi connectivity index (χ0) is 23.7. The molecule has 0 aromatic heterocycles. The van der Waals surface area contributed by atoms with Gasteiger partial charge >= 0.3 is 5.97 Å². The molecule has 1 N–H and O–H groups in total. The second kappa shape index (κ2) is 12.3. The Morgan fingerprint density at radius 1 is 1.19 bits per heavy atom. The van der Waals surface area contributed by atoms with Gasteiger partial charge in [-0.1, -0.05) is 11.6 Å². The third-order valence-corrected chi connectivity index (χ3v) is 5.12. The van der Waals surface area contributed by atoms with Crippen molar-refractivity contribution in [2.45, 2.75) is 20.8 Å². The molecule has 0 aliphatic heterocycles. The molecule has 7 nitrogen and oxygen atoms in total. The Morgan fingerprint density at radius 3 is 2.56 bits per heavy atom. The van der Waals surface area contributed by atoms with E-state index in [1.54, 1.807) is 37.3 Å². The fourth-order valence-corrected chi connectivity index (χ4v) is 3.69. The van der Waals surface area contributed by atoms with Crippen LogP contribution in [0.1, 0.15) is 25.0 Å². The molecule has 32 heavy (non-hydrogen) atoms. The minimum atomic E-state index is -0.548. The highest BCUT2D eigenvalue weighted by atomic mass is 127. The largest absolute Gasteiger partial charge is 0.490 e. The number of hydrogen-bond acceptors (Lipinski definition) is 6. The lowest BCUT2D eigenvalue weighted by Gasteiger charge is -2.14. The van der Waals surface area contributed by atoms with Crippen molar-refractivity contribution in [2.75, 3.05) is 25.1 Å². The Labute approximate surface area is 205 Å². The minimum absolute atomic E-state index is 0.0854. The SMILES string of the molecule is CCOC(=O)COc1c(I)cc(/C=C(\C#N)C(=O)Nc2ccc(Cl)cc2C)cc1OCC. The van der Waals surface area contributed by atoms with Crippen molar-refractivity contribution >= 4 is 57.8 Å². The minimum Gasteiger partial charge on any atom is -0.490 e. The van der Waals surface area contributed by atoms with Crippen molar-refractivity contribution in [2.24, 2.45) is 0 Å². The molecular formula is C23H22ClIN2O5. The zero-order valence-corrected chi connectivity index (χ0v) is 20.7. The molecule has 0 unspecified atom stereocenters. The summed E-state index contributed by atoms with van der Waals surface area (Å²) in [6, 6.07) is 10.4. The number of ether oxygens (including phenoxy) is 3. The summed E-state index contributed by atoms with van der Waals surface area (Å²) < 4.78 is 16.8. The van der Waals surface area contributed by atoms with E-state index in [0.29, 0.717) is 37.9 Å². The van der Waals surface area contributed by atoms with Gasteiger partial charge in [0.2, 0.25) is 0 Å². The molecule has 2 aromatic rings. The number of carbonyl (C=O) groups is 2. The third kappa shape index (κ3) is 7.14. The van der Waals surface area contributed by atoms with Crippen LogP contribution >= 0.6 is 34.2 Å². The van der Waals surface area contributed by atoms with Gasteiger partial charge in [-0.2, -0.15) is 5.26 Å². The van der Waals surface area contributed by atoms with Crippen LogP contribution in [0.5, 0.6) is 11.5 Å². The molecule has 0 radical (unpaired) electrons. The molecule has 2 rings (SSSR count). The maximum atomic E-state index is 12.6. The third-order valence-electron chi connectivity index (χ3n) is 4.08. The Bertz CT molecular complexity index is 1080. The Balaban J connectivity index is 2.30. The lowest BCUT2D eigenvalue weighted by Crippen LogP contribution is -2.15. The summed E-state index contributed by atoms with van der Waals surface area (Å²) in [4.78, 5) is 24.3. The average molecular weight is 569 g/mol.